The summed E-state index contributed by atoms with van der Waals surface area (Å²) in [7, 11) is 0. The van der Waals surface area contributed by atoms with Crippen molar-refractivity contribution in [1.82, 2.24) is 10.3 Å². The Labute approximate surface area is 118 Å². The maximum atomic E-state index is 11.0. The van der Waals surface area contributed by atoms with Gasteiger partial charge in [-0.05, 0) is 29.2 Å². The van der Waals surface area contributed by atoms with Crippen molar-refractivity contribution in [2.24, 2.45) is 0 Å². The number of nitro benzene ring substituents is 1. The van der Waals surface area contributed by atoms with Gasteiger partial charge in [-0.1, -0.05) is 0 Å². The van der Waals surface area contributed by atoms with Crippen LogP contribution in [0.25, 0.3) is 11.0 Å². The number of benzene rings is 1. The number of carbonyl (C=O) groups is 1. The maximum absolute atomic E-state index is 11.0. The predicted molar refractivity (Wildman–Crippen MR) is 71.1 cm³/mol. The Morgan fingerprint density at radius 2 is 2.24 bits per heavy atom. The van der Waals surface area contributed by atoms with Gasteiger partial charge >= 0.3 is 11.7 Å². The van der Waals surface area contributed by atoms with Crippen LogP contribution >= 0.6 is 0 Å². The van der Waals surface area contributed by atoms with Gasteiger partial charge in [-0.3, -0.25) is 14.9 Å². The highest BCUT2D eigenvalue weighted by Gasteiger charge is 2.30. The van der Waals surface area contributed by atoms with E-state index in [1.807, 2.05) is 4.90 Å². The molecule has 0 amide bonds. The van der Waals surface area contributed by atoms with Gasteiger partial charge in [0.25, 0.3) is 0 Å². The van der Waals surface area contributed by atoms with E-state index in [-0.39, 0.29) is 23.7 Å². The fourth-order valence-corrected chi connectivity index (χ4v) is 2.79. The first-order valence-corrected chi connectivity index (χ1v) is 6.46. The minimum Gasteiger partial charge on any atom is -0.481 e. The van der Waals surface area contributed by atoms with Crippen molar-refractivity contribution in [3.05, 3.63) is 22.2 Å². The molecule has 2 aromatic rings. The number of nitro groups is 1. The third-order valence-electron chi connectivity index (χ3n) is 3.67. The lowest BCUT2D eigenvalue weighted by Crippen LogP contribution is -2.31. The highest BCUT2D eigenvalue weighted by Crippen LogP contribution is 2.35. The SMILES string of the molecule is O=C(O)CC1CCCN1c1ccc([N+](=O)[O-])c2nonc12. The molecule has 1 aromatic carbocycles. The summed E-state index contributed by atoms with van der Waals surface area (Å²) in [5.41, 5.74) is 0.824. The Kier molecular flexibility index (Phi) is 3.16. The molecule has 110 valence electrons. The third-order valence-corrected chi connectivity index (χ3v) is 3.67. The Morgan fingerprint density at radius 3 is 2.95 bits per heavy atom. The smallest absolute Gasteiger partial charge is 0.305 e. The highest BCUT2D eigenvalue weighted by atomic mass is 16.6. The van der Waals surface area contributed by atoms with E-state index in [0.717, 1.165) is 12.8 Å². The van der Waals surface area contributed by atoms with Gasteiger partial charge in [0.2, 0.25) is 5.52 Å². The molecule has 1 aromatic heterocycles. The molecule has 1 atom stereocenters. The van der Waals surface area contributed by atoms with E-state index >= 15 is 0 Å². The lowest BCUT2D eigenvalue weighted by atomic mass is 10.1. The lowest BCUT2D eigenvalue weighted by Gasteiger charge is -2.25. The molecule has 9 heteroatoms. The van der Waals surface area contributed by atoms with Crippen LogP contribution in [-0.4, -0.2) is 38.9 Å². The van der Waals surface area contributed by atoms with Crippen molar-refractivity contribution in [2.75, 3.05) is 11.4 Å². The fourth-order valence-electron chi connectivity index (χ4n) is 2.79. The number of hydrogen-bond donors (Lipinski definition) is 1. The minimum absolute atomic E-state index is 0.0176. The summed E-state index contributed by atoms with van der Waals surface area (Å²) in [4.78, 5) is 23.2. The molecule has 21 heavy (non-hydrogen) atoms. The largest absolute Gasteiger partial charge is 0.481 e. The van der Waals surface area contributed by atoms with E-state index in [4.69, 9.17) is 5.11 Å². The van der Waals surface area contributed by atoms with Crippen LogP contribution in [0, 0.1) is 10.1 Å². The van der Waals surface area contributed by atoms with Crippen molar-refractivity contribution in [3.63, 3.8) is 0 Å². The minimum atomic E-state index is -0.872. The number of fused-ring (bicyclic) bond motifs is 1. The van der Waals surface area contributed by atoms with Crippen molar-refractivity contribution in [1.29, 1.82) is 0 Å². The van der Waals surface area contributed by atoms with Gasteiger partial charge in [0.15, 0.2) is 5.52 Å². The zero-order valence-corrected chi connectivity index (χ0v) is 10.9. The van der Waals surface area contributed by atoms with Gasteiger partial charge in [-0.2, -0.15) is 0 Å². The van der Waals surface area contributed by atoms with Crippen LogP contribution in [0.5, 0.6) is 0 Å². The van der Waals surface area contributed by atoms with Crippen molar-refractivity contribution in [2.45, 2.75) is 25.3 Å². The second kappa shape index (κ2) is 5.00. The highest BCUT2D eigenvalue weighted by molar-refractivity contribution is 5.94. The van der Waals surface area contributed by atoms with E-state index in [9.17, 15) is 14.9 Å². The average molecular weight is 292 g/mol. The summed E-state index contributed by atoms with van der Waals surface area (Å²) in [6, 6.07) is 2.77. The summed E-state index contributed by atoms with van der Waals surface area (Å²) in [5.74, 6) is -0.872. The van der Waals surface area contributed by atoms with Gasteiger partial charge in [-0.25, -0.2) is 4.63 Å². The molecule has 0 saturated carbocycles. The Morgan fingerprint density at radius 1 is 1.48 bits per heavy atom. The van der Waals surface area contributed by atoms with Crippen molar-refractivity contribution < 1.29 is 19.5 Å². The van der Waals surface area contributed by atoms with E-state index in [1.54, 1.807) is 6.07 Å². The summed E-state index contributed by atoms with van der Waals surface area (Å²) in [6.07, 6.45) is 1.64. The number of aromatic nitrogens is 2. The Hall–Kier alpha value is -2.71. The van der Waals surface area contributed by atoms with Crippen LogP contribution in [0.1, 0.15) is 19.3 Å². The molecule has 1 saturated heterocycles. The Bertz CT molecular complexity index is 713. The quantitative estimate of drug-likeness (QED) is 0.665. The van der Waals surface area contributed by atoms with Gasteiger partial charge in [0.1, 0.15) is 0 Å². The molecule has 0 bridgehead atoms. The van der Waals surface area contributed by atoms with Gasteiger partial charge in [0.05, 0.1) is 17.0 Å². The molecule has 1 aliphatic heterocycles. The first kappa shape index (κ1) is 13.3. The van der Waals surface area contributed by atoms with Crippen LogP contribution in [0.4, 0.5) is 11.4 Å². The van der Waals surface area contributed by atoms with Crippen LogP contribution in [-0.2, 0) is 4.79 Å². The zero-order valence-electron chi connectivity index (χ0n) is 10.9. The van der Waals surface area contributed by atoms with Crippen molar-refractivity contribution in [3.8, 4) is 0 Å². The van der Waals surface area contributed by atoms with E-state index < -0.39 is 10.9 Å². The molecule has 1 N–H and O–H groups in total. The molecule has 1 aliphatic rings. The molecule has 3 rings (SSSR count). The number of carboxylic acid groups (broad SMARTS) is 1. The molecule has 2 heterocycles. The first-order chi connectivity index (χ1) is 10.1. The standard InChI is InChI=1S/C12H12N4O5/c17-10(18)6-7-2-1-5-15(7)8-3-4-9(16(19)20)12-11(8)13-21-14-12/h3-4,7H,1-2,5-6H2,(H,17,18). The predicted octanol–water partition coefficient (Wildman–Crippen LogP) is 1.57. The molecule has 0 spiro atoms. The molecular formula is C12H12N4O5. The van der Waals surface area contributed by atoms with Gasteiger partial charge < -0.3 is 10.0 Å². The van der Waals surface area contributed by atoms with Crippen LogP contribution < -0.4 is 4.90 Å². The fraction of sp³-hybridized carbons (Fsp3) is 0.417. The van der Waals surface area contributed by atoms with Crippen LogP contribution in [0.2, 0.25) is 0 Å². The molecule has 9 nitrogen and oxygen atoms in total. The number of aliphatic carboxylic acids is 1. The summed E-state index contributed by atoms with van der Waals surface area (Å²) in [5, 5.41) is 27.3. The van der Waals surface area contributed by atoms with Gasteiger partial charge in [0, 0.05) is 18.7 Å². The van der Waals surface area contributed by atoms with Crippen LogP contribution in [0.3, 0.4) is 0 Å². The Balaban J connectivity index is 2.05. The topological polar surface area (TPSA) is 123 Å². The number of anilines is 1. The lowest BCUT2D eigenvalue weighted by molar-refractivity contribution is -0.383. The number of carboxylic acids is 1. The maximum Gasteiger partial charge on any atom is 0.305 e. The van der Waals surface area contributed by atoms with Gasteiger partial charge in [-0.15, -0.1) is 0 Å². The number of non-ortho nitro benzene ring substituents is 1. The normalized spacial score (nSPS) is 18.3. The third kappa shape index (κ3) is 2.26. The number of nitrogens with zero attached hydrogens (tertiary/aromatic N) is 4. The summed E-state index contributed by atoms with van der Waals surface area (Å²) >= 11 is 0. The second-order valence-electron chi connectivity index (χ2n) is 4.91. The molecular weight excluding hydrogens is 280 g/mol. The van der Waals surface area contributed by atoms with Crippen molar-refractivity contribution >= 4 is 28.4 Å². The molecule has 1 unspecified atom stereocenters. The van der Waals surface area contributed by atoms with Crippen LogP contribution in [0.15, 0.2) is 16.8 Å². The van der Waals surface area contributed by atoms with E-state index in [2.05, 4.69) is 14.9 Å². The average Bonchev–Trinajstić information content (AvgIpc) is 3.05. The first-order valence-electron chi connectivity index (χ1n) is 6.46. The van der Waals surface area contributed by atoms with E-state index in [0.29, 0.717) is 17.7 Å². The summed E-state index contributed by atoms with van der Waals surface area (Å²) in [6.45, 7) is 0.678. The number of rotatable bonds is 4. The zero-order chi connectivity index (χ0) is 15.0. The molecule has 0 radical (unpaired) electrons. The molecule has 1 fully saturated rings. The second-order valence-corrected chi connectivity index (χ2v) is 4.91. The molecule has 0 aliphatic carbocycles. The number of hydrogen-bond acceptors (Lipinski definition) is 7. The monoisotopic (exact) mass is 292 g/mol. The van der Waals surface area contributed by atoms with E-state index in [1.165, 1.54) is 6.07 Å². The summed E-state index contributed by atoms with van der Waals surface area (Å²) < 4.78 is 4.62.